The quantitative estimate of drug-likeness (QED) is 0.250. The molecule has 3 heterocycles. The highest BCUT2D eigenvalue weighted by atomic mass is 31.2. The summed E-state index contributed by atoms with van der Waals surface area (Å²) in [6.45, 7) is 10.8. The molecule has 0 aliphatic carbocycles. The molecule has 13 nitrogen and oxygen atoms in total. The first kappa shape index (κ1) is 32.1. The Balaban J connectivity index is 1.54. The maximum atomic E-state index is 14.1. The lowest BCUT2D eigenvalue weighted by Gasteiger charge is -2.30. The molecule has 14 heteroatoms. The van der Waals surface area contributed by atoms with Gasteiger partial charge in [0.1, 0.15) is 35.4 Å². The molecule has 0 amide bonds. The highest BCUT2D eigenvalue weighted by Gasteiger charge is 2.64. The second-order valence-electron chi connectivity index (χ2n) is 11.2. The van der Waals surface area contributed by atoms with Gasteiger partial charge in [-0.3, -0.25) is 13.9 Å². The SMILES string of the molecule is CCC(CC)COC(=O)[C@H](C)NP(=O)(OC[C@H]1O[C@@H](n2ccc(N)nc2=O)[C@]2(C)OC(C)(C)O[C@H]12)Oc1ccccc1. The number of carbonyl (C=O) groups excluding carboxylic acids is 1. The number of para-hydroxylation sites is 1. The standard InChI is InChI=1S/C28H41N4O9P/c1-7-19(8-2)16-36-24(33)18(3)31-42(35,40-20-12-10-9-11-13-20)37-17-21-23-28(6,41-27(4,5)39-23)25(38-21)32-15-14-22(29)30-26(32)34/h9-15,18-19,21,23,25H,7-8,16-17H2,1-6H3,(H,31,35)(H2,29,30,34)/t18-,21+,23+,25+,28+,42?/m0/s1. The van der Waals surface area contributed by atoms with Crippen molar-refractivity contribution in [2.24, 2.45) is 5.92 Å². The highest BCUT2D eigenvalue weighted by molar-refractivity contribution is 7.52. The van der Waals surface area contributed by atoms with Crippen molar-refractivity contribution in [1.29, 1.82) is 0 Å². The zero-order valence-electron chi connectivity index (χ0n) is 24.8. The van der Waals surface area contributed by atoms with Gasteiger partial charge in [0.2, 0.25) is 0 Å². The van der Waals surface area contributed by atoms with E-state index in [-0.39, 0.29) is 30.7 Å². The normalized spacial score (nSPS) is 26.9. The fraction of sp³-hybridized carbons (Fsp3) is 0.607. The third kappa shape index (κ3) is 7.21. The topological polar surface area (TPSA) is 162 Å². The van der Waals surface area contributed by atoms with E-state index in [9.17, 15) is 14.2 Å². The smallest absolute Gasteiger partial charge is 0.459 e. The Labute approximate surface area is 245 Å². The van der Waals surface area contributed by atoms with Gasteiger partial charge in [0.15, 0.2) is 12.0 Å². The largest absolute Gasteiger partial charge is 0.464 e. The number of hydrogen-bond donors (Lipinski definition) is 2. The van der Waals surface area contributed by atoms with Gasteiger partial charge >= 0.3 is 19.4 Å². The van der Waals surface area contributed by atoms with Crippen molar-refractivity contribution in [2.75, 3.05) is 18.9 Å². The van der Waals surface area contributed by atoms with Crippen LogP contribution >= 0.6 is 7.75 Å². The van der Waals surface area contributed by atoms with Crippen LogP contribution in [0.1, 0.15) is 60.6 Å². The van der Waals surface area contributed by atoms with Crippen LogP contribution in [0.3, 0.4) is 0 Å². The number of nitrogens with one attached hydrogen (secondary N) is 1. The zero-order valence-corrected chi connectivity index (χ0v) is 25.7. The molecular weight excluding hydrogens is 567 g/mol. The van der Waals surface area contributed by atoms with Crippen LogP contribution in [0, 0.1) is 5.92 Å². The maximum absolute atomic E-state index is 14.1. The summed E-state index contributed by atoms with van der Waals surface area (Å²) in [6, 6.07) is 8.91. The molecule has 232 valence electrons. The second-order valence-corrected chi connectivity index (χ2v) is 12.8. The number of aromatic nitrogens is 2. The van der Waals surface area contributed by atoms with Gasteiger partial charge in [-0.1, -0.05) is 44.9 Å². The molecule has 0 radical (unpaired) electrons. The van der Waals surface area contributed by atoms with Crippen LogP contribution in [0.2, 0.25) is 0 Å². The monoisotopic (exact) mass is 608 g/mol. The Morgan fingerprint density at radius 1 is 1.19 bits per heavy atom. The van der Waals surface area contributed by atoms with Crippen molar-refractivity contribution < 1.29 is 37.4 Å². The fourth-order valence-electron chi connectivity index (χ4n) is 5.14. The molecule has 42 heavy (non-hydrogen) atoms. The Kier molecular flexibility index (Phi) is 9.81. The van der Waals surface area contributed by atoms with Crippen LogP contribution in [-0.2, 0) is 32.8 Å². The van der Waals surface area contributed by atoms with Crippen LogP contribution in [0.5, 0.6) is 5.75 Å². The molecule has 2 aliphatic rings. The average molecular weight is 609 g/mol. The van der Waals surface area contributed by atoms with E-state index >= 15 is 0 Å². The number of nitrogen functional groups attached to an aromatic ring is 1. The molecule has 3 N–H and O–H groups in total. The molecule has 1 unspecified atom stereocenters. The molecular formula is C28H41N4O9P. The molecule has 2 aromatic rings. The van der Waals surface area contributed by atoms with Crippen molar-refractivity contribution in [1.82, 2.24) is 14.6 Å². The van der Waals surface area contributed by atoms with E-state index in [4.69, 9.17) is 33.7 Å². The fourth-order valence-corrected chi connectivity index (χ4v) is 6.64. The van der Waals surface area contributed by atoms with Crippen molar-refractivity contribution in [2.45, 2.75) is 90.2 Å². The number of benzene rings is 1. The number of nitrogens with zero attached hydrogens (tertiary/aromatic N) is 2. The molecule has 2 saturated heterocycles. The third-order valence-corrected chi connectivity index (χ3v) is 9.02. The molecule has 1 aromatic heterocycles. The number of ether oxygens (including phenoxy) is 4. The predicted molar refractivity (Wildman–Crippen MR) is 154 cm³/mol. The van der Waals surface area contributed by atoms with Crippen molar-refractivity contribution in [3.05, 3.63) is 53.1 Å². The minimum Gasteiger partial charge on any atom is -0.464 e. The van der Waals surface area contributed by atoms with E-state index < -0.39 is 55.3 Å². The average Bonchev–Trinajstić information content (AvgIpc) is 3.33. The van der Waals surface area contributed by atoms with E-state index in [0.717, 1.165) is 12.8 Å². The van der Waals surface area contributed by atoms with E-state index in [1.807, 2.05) is 13.8 Å². The summed E-state index contributed by atoms with van der Waals surface area (Å²) in [5, 5.41) is 2.70. The minimum absolute atomic E-state index is 0.0670. The summed E-state index contributed by atoms with van der Waals surface area (Å²) in [5.74, 6) is -1.04. The number of nitrogens with two attached hydrogens (primary N) is 1. The molecule has 0 bridgehead atoms. The van der Waals surface area contributed by atoms with Crippen LogP contribution in [0.15, 0.2) is 47.4 Å². The van der Waals surface area contributed by atoms with Gasteiger partial charge in [-0.2, -0.15) is 10.1 Å². The summed E-state index contributed by atoms with van der Waals surface area (Å²) >= 11 is 0. The highest BCUT2D eigenvalue weighted by Crippen LogP contribution is 2.52. The molecule has 1 aromatic carbocycles. The Morgan fingerprint density at radius 3 is 2.52 bits per heavy atom. The van der Waals surface area contributed by atoms with Crippen LogP contribution in [-0.4, -0.2) is 58.4 Å². The van der Waals surface area contributed by atoms with Gasteiger partial charge in [0.25, 0.3) is 0 Å². The number of carbonyl (C=O) groups is 1. The minimum atomic E-state index is -4.19. The summed E-state index contributed by atoms with van der Waals surface area (Å²) in [5.41, 5.74) is 3.91. The summed E-state index contributed by atoms with van der Waals surface area (Å²) in [4.78, 5) is 29.3. The first-order valence-electron chi connectivity index (χ1n) is 14.1. The molecule has 2 aliphatic heterocycles. The molecule has 6 atom stereocenters. The lowest BCUT2D eigenvalue weighted by atomic mass is 9.96. The lowest BCUT2D eigenvalue weighted by Crippen LogP contribution is -2.45. The number of esters is 1. The van der Waals surface area contributed by atoms with E-state index in [0.29, 0.717) is 0 Å². The van der Waals surface area contributed by atoms with E-state index in [1.165, 1.54) is 23.8 Å². The number of fused-ring (bicyclic) bond motifs is 1. The molecule has 2 fully saturated rings. The first-order valence-corrected chi connectivity index (χ1v) is 15.6. The molecule has 0 saturated carbocycles. The lowest BCUT2D eigenvalue weighted by molar-refractivity contribution is -0.217. The van der Waals surface area contributed by atoms with Crippen LogP contribution in [0.25, 0.3) is 0 Å². The maximum Gasteiger partial charge on any atom is 0.459 e. The Hall–Kier alpha value is -2.80. The zero-order chi connectivity index (χ0) is 30.7. The number of rotatable bonds is 13. The second kappa shape index (κ2) is 12.8. The van der Waals surface area contributed by atoms with Crippen LogP contribution < -0.4 is 21.0 Å². The van der Waals surface area contributed by atoms with E-state index in [1.54, 1.807) is 51.1 Å². The van der Waals surface area contributed by atoms with Gasteiger partial charge in [-0.25, -0.2) is 9.36 Å². The first-order chi connectivity index (χ1) is 19.8. The van der Waals surface area contributed by atoms with Gasteiger partial charge in [0, 0.05) is 6.20 Å². The van der Waals surface area contributed by atoms with Crippen molar-refractivity contribution >= 4 is 19.5 Å². The van der Waals surface area contributed by atoms with Gasteiger partial charge in [0.05, 0.1) is 13.2 Å². The molecule has 0 spiro atoms. The van der Waals surface area contributed by atoms with Crippen LogP contribution in [0.4, 0.5) is 5.82 Å². The Morgan fingerprint density at radius 2 is 1.88 bits per heavy atom. The predicted octanol–water partition coefficient (Wildman–Crippen LogP) is 3.79. The number of hydrogen-bond acceptors (Lipinski definition) is 11. The van der Waals surface area contributed by atoms with Crippen molar-refractivity contribution in [3.63, 3.8) is 0 Å². The van der Waals surface area contributed by atoms with Gasteiger partial charge < -0.3 is 29.2 Å². The summed E-state index contributed by atoms with van der Waals surface area (Å²) in [6.07, 6.45) is 0.671. The van der Waals surface area contributed by atoms with Crippen molar-refractivity contribution in [3.8, 4) is 5.75 Å². The number of anilines is 1. The third-order valence-electron chi connectivity index (χ3n) is 7.38. The van der Waals surface area contributed by atoms with E-state index in [2.05, 4.69) is 10.1 Å². The van der Waals surface area contributed by atoms with Gasteiger partial charge in [-0.15, -0.1) is 0 Å². The summed E-state index contributed by atoms with van der Waals surface area (Å²) in [7, 11) is -4.19. The van der Waals surface area contributed by atoms with Gasteiger partial charge in [-0.05, 0) is 51.8 Å². The Bertz CT molecular complexity index is 1340. The molecule has 4 rings (SSSR count). The summed E-state index contributed by atoms with van der Waals surface area (Å²) < 4.78 is 51.1.